The van der Waals surface area contributed by atoms with Gasteiger partial charge in [0.1, 0.15) is 5.60 Å². The third kappa shape index (κ3) is 2.54. The second-order valence-corrected chi connectivity index (χ2v) is 3.76. The number of hydrogen-bond donors (Lipinski definition) is 1. The van der Waals surface area contributed by atoms with E-state index in [0.717, 1.165) is 0 Å². The van der Waals surface area contributed by atoms with Crippen molar-refractivity contribution >= 4 is 11.8 Å². The van der Waals surface area contributed by atoms with E-state index in [1.807, 2.05) is 0 Å². The van der Waals surface area contributed by atoms with E-state index in [0.29, 0.717) is 0 Å². The van der Waals surface area contributed by atoms with Crippen LogP contribution in [0.3, 0.4) is 0 Å². The predicted octanol–water partition coefficient (Wildman–Crippen LogP) is -0.345. The molecule has 0 aromatic rings. The second-order valence-electron chi connectivity index (χ2n) is 3.76. The number of esters is 1. The highest BCUT2D eigenvalue weighted by Crippen LogP contribution is 2.34. The number of carbonyl (C=O) groups excluding carboxylic acids is 2. The highest BCUT2D eigenvalue weighted by molar-refractivity contribution is 5.98. The summed E-state index contributed by atoms with van der Waals surface area (Å²) in [6.07, 6.45) is 1.28. The Kier molecular flexibility index (Phi) is 4.39. The van der Waals surface area contributed by atoms with Gasteiger partial charge in [-0.25, -0.2) is 0 Å². The van der Waals surface area contributed by atoms with Crippen molar-refractivity contribution in [3.63, 3.8) is 0 Å². The van der Waals surface area contributed by atoms with Gasteiger partial charge in [-0.05, 0) is 12.2 Å². The Morgan fingerprint density at radius 1 is 1.47 bits per heavy atom. The number of carbonyl (C=O) groups is 2. The van der Waals surface area contributed by atoms with Gasteiger partial charge in [0.25, 0.3) is 0 Å². The van der Waals surface area contributed by atoms with E-state index in [2.05, 4.69) is 4.74 Å². The monoisotopic (exact) mass is 244 g/mol. The molecule has 96 valence electrons. The van der Waals surface area contributed by atoms with Crippen molar-refractivity contribution in [2.45, 2.75) is 18.3 Å². The van der Waals surface area contributed by atoms with Crippen LogP contribution >= 0.6 is 0 Å². The summed E-state index contributed by atoms with van der Waals surface area (Å²) in [7, 11) is 3.91. The van der Waals surface area contributed by atoms with E-state index in [9.17, 15) is 14.7 Å². The molecule has 0 amide bonds. The molecule has 1 aliphatic rings. The van der Waals surface area contributed by atoms with Crippen LogP contribution in [0.2, 0.25) is 0 Å². The summed E-state index contributed by atoms with van der Waals surface area (Å²) < 4.78 is 14.4. The molecule has 6 nitrogen and oxygen atoms in total. The number of allylic oxidation sites excluding steroid dienone is 1. The lowest BCUT2D eigenvalue weighted by molar-refractivity contribution is -0.211. The zero-order chi connectivity index (χ0) is 13.1. The molecule has 0 fully saturated rings. The first kappa shape index (κ1) is 13.8. The number of ketones is 1. The lowest BCUT2D eigenvalue weighted by Gasteiger charge is -2.33. The molecule has 0 aliphatic heterocycles. The molecule has 0 saturated heterocycles. The fourth-order valence-corrected chi connectivity index (χ4v) is 1.91. The maximum atomic E-state index is 11.6. The van der Waals surface area contributed by atoms with Gasteiger partial charge in [0.05, 0.1) is 19.4 Å². The maximum Gasteiger partial charge on any atom is 0.306 e. The first-order chi connectivity index (χ1) is 7.99. The lowest BCUT2D eigenvalue weighted by atomic mass is 9.86. The molecule has 0 bridgehead atoms. The Hall–Kier alpha value is -1.24. The maximum absolute atomic E-state index is 11.6. The van der Waals surface area contributed by atoms with Crippen molar-refractivity contribution in [2.75, 3.05) is 21.3 Å². The Balaban J connectivity index is 2.92. The van der Waals surface area contributed by atoms with Gasteiger partial charge in [-0.3, -0.25) is 9.59 Å². The van der Waals surface area contributed by atoms with Crippen LogP contribution in [0.25, 0.3) is 0 Å². The highest BCUT2D eigenvalue weighted by Gasteiger charge is 2.50. The van der Waals surface area contributed by atoms with Crippen LogP contribution in [-0.2, 0) is 23.8 Å². The molecule has 1 rings (SSSR count). The Morgan fingerprint density at radius 2 is 2.06 bits per heavy atom. The molecule has 0 aromatic heterocycles. The first-order valence-electron chi connectivity index (χ1n) is 5.07. The van der Waals surface area contributed by atoms with Gasteiger partial charge in [0, 0.05) is 14.2 Å². The summed E-state index contributed by atoms with van der Waals surface area (Å²) in [4.78, 5) is 22.8. The first-order valence-corrected chi connectivity index (χ1v) is 5.07. The van der Waals surface area contributed by atoms with Crippen LogP contribution in [0, 0.1) is 5.92 Å². The van der Waals surface area contributed by atoms with Crippen LogP contribution in [0.1, 0.15) is 6.42 Å². The van der Waals surface area contributed by atoms with Gasteiger partial charge in [-0.1, -0.05) is 0 Å². The van der Waals surface area contributed by atoms with E-state index >= 15 is 0 Å². The molecule has 1 aliphatic carbocycles. The molecule has 17 heavy (non-hydrogen) atoms. The summed E-state index contributed by atoms with van der Waals surface area (Å²) in [6.45, 7) is 0. The fourth-order valence-electron chi connectivity index (χ4n) is 1.91. The van der Waals surface area contributed by atoms with Crippen LogP contribution < -0.4 is 0 Å². The van der Waals surface area contributed by atoms with Crippen molar-refractivity contribution < 1.29 is 28.9 Å². The summed E-state index contributed by atoms with van der Waals surface area (Å²) in [6, 6.07) is 0. The van der Waals surface area contributed by atoms with Crippen molar-refractivity contribution in [2.24, 2.45) is 5.92 Å². The van der Waals surface area contributed by atoms with Gasteiger partial charge in [0.2, 0.25) is 0 Å². The average Bonchev–Trinajstić information content (AvgIpc) is 2.59. The molecule has 2 unspecified atom stereocenters. The molecular formula is C11H16O6. The van der Waals surface area contributed by atoms with Crippen molar-refractivity contribution in [1.29, 1.82) is 0 Å². The Bertz CT molecular complexity index is 333. The summed E-state index contributed by atoms with van der Waals surface area (Å²) >= 11 is 0. The predicted molar refractivity (Wildman–Crippen MR) is 57.0 cm³/mol. The van der Waals surface area contributed by atoms with E-state index in [-0.39, 0.29) is 12.2 Å². The minimum Gasteiger partial charge on any atom is -0.469 e. The number of methoxy groups -OCH3 is 3. The van der Waals surface area contributed by atoms with E-state index < -0.39 is 23.8 Å². The van der Waals surface area contributed by atoms with Gasteiger partial charge >= 0.3 is 5.97 Å². The SMILES string of the molecule is COC(=O)CC1C(=O)C=CC1(O)C(OC)OC. The molecule has 0 aromatic carbocycles. The van der Waals surface area contributed by atoms with Gasteiger partial charge in [-0.2, -0.15) is 0 Å². The third-order valence-electron chi connectivity index (χ3n) is 2.82. The van der Waals surface area contributed by atoms with Gasteiger partial charge in [0.15, 0.2) is 12.1 Å². The standard InChI is InChI=1S/C11H16O6/c1-15-9(13)6-7-8(12)4-5-11(7,14)10(16-2)17-3/h4-5,7,10,14H,6H2,1-3H3. The quantitative estimate of drug-likeness (QED) is 0.526. The molecular weight excluding hydrogens is 228 g/mol. The van der Waals surface area contributed by atoms with E-state index in [1.54, 1.807) is 0 Å². The van der Waals surface area contributed by atoms with Crippen LogP contribution in [0.4, 0.5) is 0 Å². The summed E-state index contributed by atoms with van der Waals surface area (Å²) in [5.74, 6) is -1.87. The fraction of sp³-hybridized carbons (Fsp3) is 0.636. The molecule has 0 heterocycles. The Morgan fingerprint density at radius 3 is 2.53 bits per heavy atom. The molecule has 0 spiro atoms. The molecule has 2 atom stereocenters. The van der Waals surface area contributed by atoms with Crippen molar-refractivity contribution in [1.82, 2.24) is 0 Å². The summed E-state index contributed by atoms with van der Waals surface area (Å²) in [5, 5.41) is 10.4. The van der Waals surface area contributed by atoms with Crippen LogP contribution in [0.5, 0.6) is 0 Å². The van der Waals surface area contributed by atoms with Crippen LogP contribution in [0.15, 0.2) is 12.2 Å². The molecule has 6 heteroatoms. The van der Waals surface area contributed by atoms with Crippen LogP contribution in [-0.4, -0.2) is 50.1 Å². The zero-order valence-electron chi connectivity index (χ0n) is 10.0. The number of rotatable bonds is 5. The molecule has 1 N–H and O–H groups in total. The Labute approximate surface area is 99.2 Å². The highest BCUT2D eigenvalue weighted by atomic mass is 16.7. The number of hydrogen-bond acceptors (Lipinski definition) is 6. The van der Waals surface area contributed by atoms with Gasteiger partial charge in [-0.15, -0.1) is 0 Å². The summed E-state index contributed by atoms with van der Waals surface area (Å²) in [5.41, 5.74) is -1.64. The largest absolute Gasteiger partial charge is 0.469 e. The number of ether oxygens (including phenoxy) is 3. The molecule has 0 radical (unpaired) electrons. The minimum absolute atomic E-state index is 0.220. The van der Waals surface area contributed by atoms with E-state index in [1.165, 1.54) is 33.5 Å². The van der Waals surface area contributed by atoms with Gasteiger partial charge < -0.3 is 19.3 Å². The second kappa shape index (κ2) is 5.39. The minimum atomic E-state index is -1.64. The average molecular weight is 244 g/mol. The lowest BCUT2D eigenvalue weighted by Crippen LogP contribution is -2.49. The van der Waals surface area contributed by atoms with Crippen molar-refractivity contribution in [3.05, 3.63) is 12.2 Å². The topological polar surface area (TPSA) is 82.1 Å². The molecule has 0 saturated carbocycles. The number of aliphatic hydroxyl groups is 1. The van der Waals surface area contributed by atoms with E-state index in [4.69, 9.17) is 9.47 Å². The third-order valence-corrected chi connectivity index (χ3v) is 2.82. The van der Waals surface area contributed by atoms with Crippen molar-refractivity contribution in [3.8, 4) is 0 Å². The zero-order valence-corrected chi connectivity index (χ0v) is 10.0. The normalized spacial score (nSPS) is 27.8. The smallest absolute Gasteiger partial charge is 0.306 e.